The zero-order valence-corrected chi connectivity index (χ0v) is 17.3. The molecule has 3 nitrogen and oxygen atoms in total. The number of benzene rings is 2. The van der Waals surface area contributed by atoms with Crippen LogP contribution in [0.5, 0.6) is 0 Å². The van der Waals surface area contributed by atoms with Gasteiger partial charge in [0.2, 0.25) is 0 Å². The molecule has 0 saturated carbocycles. The highest BCUT2D eigenvalue weighted by atomic mass is 32.1. The smallest absolute Gasteiger partial charge is 0.347 e. The van der Waals surface area contributed by atoms with Gasteiger partial charge in [-0.1, -0.05) is 60.7 Å². The molecular weight excluding hydrogens is 380 g/mol. The predicted octanol–water partition coefficient (Wildman–Crippen LogP) is 5.72. The standard InChI is InChI=1S/C25H20O3S/c1-15-14-20(17(3)29-15)16(2)21-23(25(27)28-24(21)26)22(18-10-6-4-7-11-18)19-12-8-5-9-13-19/h4-14H,1-3H3/b21-16-. The van der Waals surface area contributed by atoms with Gasteiger partial charge in [0, 0.05) is 15.3 Å². The van der Waals surface area contributed by atoms with Crippen LogP contribution in [0, 0.1) is 13.8 Å². The molecule has 0 aliphatic carbocycles. The molecule has 1 fully saturated rings. The minimum Gasteiger partial charge on any atom is -0.386 e. The van der Waals surface area contributed by atoms with E-state index >= 15 is 0 Å². The minimum absolute atomic E-state index is 0.327. The van der Waals surface area contributed by atoms with Gasteiger partial charge in [0.1, 0.15) is 0 Å². The van der Waals surface area contributed by atoms with Crippen molar-refractivity contribution in [1.82, 2.24) is 0 Å². The third-order valence-corrected chi connectivity index (χ3v) is 6.00. The van der Waals surface area contributed by atoms with E-state index in [4.69, 9.17) is 4.74 Å². The van der Waals surface area contributed by atoms with Crippen LogP contribution < -0.4 is 0 Å². The number of allylic oxidation sites excluding steroid dienone is 1. The number of ether oxygens (including phenoxy) is 1. The van der Waals surface area contributed by atoms with Crippen LogP contribution in [-0.2, 0) is 14.3 Å². The van der Waals surface area contributed by atoms with Crippen molar-refractivity contribution >= 4 is 34.4 Å². The fraction of sp³-hybridized carbons (Fsp3) is 0.120. The molecule has 0 spiro atoms. The fourth-order valence-electron chi connectivity index (χ4n) is 3.76. The van der Waals surface area contributed by atoms with E-state index in [1.54, 1.807) is 11.3 Å². The monoisotopic (exact) mass is 400 g/mol. The van der Waals surface area contributed by atoms with Crippen LogP contribution in [-0.4, -0.2) is 11.9 Å². The van der Waals surface area contributed by atoms with E-state index in [0.29, 0.717) is 16.7 Å². The van der Waals surface area contributed by atoms with Crippen molar-refractivity contribution in [2.24, 2.45) is 0 Å². The zero-order chi connectivity index (χ0) is 20.5. The summed E-state index contributed by atoms with van der Waals surface area (Å²) in [6.45, 7) is 5.95. The fourth-order valence-corrected chi connectivity index (χ4v) is 4.74. The Morgan fingerprint density at radius 2 is 1.31 bits per heavy atom. The highest BCUT2D eigenvalue weighted by Crippen LogP contribution is 2.40. The lowest BCUT2D eigenvalue weighted by molar-refractivity contribution is -0.149. The lowest BCUT2D eigenvalue weighted by Gasteiger charge is -2.12. The van der Waals surface area contributed by atoms with E-state index in [0.717, 1.165) is 32.0 Å². The van der Waals surface area contributed by atoms with Gasteiger partial charge < -0.3 is 4.74 Å². The van der Waals surface area contributed by atoms with Crippen molar-refractivity contribution in [3.63, 3.8) is 0 Å². The Kier molecular flexibility index (Phi) is 5.03. The molecule has 1 saturated heterocycles. The summed E-state index contributed by atoms with van der Waals surface area (Å²) in [6.07, 6.45) is 0. The Morgan fingerprint density at radius 3 is 1.79 bits per heavy atom. The van der Waals surface area contributed by atoms with Crippen LogP contribution in [0.25, 0.3) is 11.1 Å². The van der Waals surface area contributed by atoms with Gasteiger partial charge in [-0.05, 0) is 49.1 Å². The molecule has 4 rings (SSSR count). The molecule has 0 unspecified atom stereocenters. The molecule has 1 aromatic heterocycles. The quantitative estimate of drug-likeness (QED) is 0.321. The molecular formula is C25H20O3S. The molecule has 0 N–H and O–H groups in total. The van der Waals surface area contributed by atoms with Crippen LogP contribution in [0.3, 0.4) is 0 Å². The van der Waals surface area contributed by atoms with E-state index < -0.39 is 11.9 Å². The molecule has 2 heterocycles. The number of hydrogen-bond donors (Lipinski definition) is 0. The van der Waals surface area contributed by atoms with E-state index in [2.05, 4.69) is 6.07 Å². The van der Waals surface area contributed by atoms with Gasteiger partial charge in [0.15, 0.2) is 0 Å². The summed E-state index contributed by atoms with van der Waals surface area (Å²) >= 11 is 1.67. The van der Waals surface area contributed by atoms with Crippen molar-refractivity contribution < 1.29 is 14.3 Å². The second-order valence-electron chi connectivity index (χ2n) is 6.99. The summed E-state index contributed by atoms with van der Waals surface area (Å²) in [5, 5.41) is 0. The van der Waals surface area contributed by atoms with Crippen LogP contribution in [0.1, 0.15) is 33.4 Å². The third-order valence-electron chi connectivity index (χ3n) is 5.04. The largest absolute Gasteiger partial charge is 0.386 e. The van der Waals surface area contributed by atoms with Crippen LogP contribution in [0.4, 0.5) is 0 Å². The maximum Gasteiger partial charge on any atom is 0.347 e. The van der Waals surface area contributed by atoms with E-state index in [-0.39, 0.29) is 0 Å². The second kappa shape index (κ2) is 7.64. The van der Waals surface area contributed by atoms with Gasteiger partial charge in [-0.2, -0.15) is 0 Å². The van der Waals surface area contributed by atoms with Crippen molar-refractivity contribution in [3.8, 4) is 0 Å². The number of rotatable bonds is 3. The Bertz CT molecular complexity index is 1120. The second-order valence-corrected chi connectivity index (χ2v) is 8.45. The summed E-state index contributed by atoms with van der Waals surface area (Å²) in [7, 11) is 0. The van der Waals surface area contributed by atoms with Crippen LogP contribution in [0.2, 0.25) is 0 Å². The number of hydrogen-bond acceptors (Lipinski definition) is 4. The summed E-state index contributed by atoms with van der Waals surface area (Å²) < 4.78 is 5.11. The van der Waals surface area contributed by atoms with Gasteiger partial charge in [0.25, 0.3) is 0 Å². The molecule has 0 radical (unpaired) electrons. The molecule has 1 aliphatic heterocycles. The Hall–Kier alpha value is -3.24. The number of carbonyl (C=O) groups excluding carboxylic acids is 2. The highest BCUT2D eigenvalue weighted by Gasteiger charge is 2.38. The zero-order valence-electron chi connectivity index (χ0n) is 16.5. The first-order chi connectivity index (χ1) is 14.0. The average molecular weight is 400 g/mol. The van der Waals surface area contributed by atoms with Gasteiger partial charge in [0.05, 0.1) is 11.1 Å². The first-order valence-corrected chi connectivity index (χ1v) is 10.2. The maximum atomic E-state index is 12.9. The van der Waals surface area contributed by atoms with E-state index in [1.807, 2.05) is 81.4 Å². The topological polar surface area (TPSA) is 43.4 Å². The lowest BCUT2D eigenvalue weighted by Crippen LogP contribution is -2.03. The summed E-state index contributed by atoms with van der Waals surface area (Å²) in [5.41, 5.74) is 4.86. The summed E-state index contributed by atoms with van der Waals surface area (Å²) in [5.74, 6) is -1.19. The number of carbonyl (C=O) groups is 2. The summed E-state index contributed by atoms with van der Waals surface area (Å²) in [4.78, 5) is 27.9. The van der Waals surface area contributed by atoms with Crippen LogP contribution in [0.15, 0.2) is 77.9 Å². The predicted molar refractivity (Wildman–Crippen MR) is 116 cm³/mol. The molecule has 144 valence electrons. The number of aryl methyl sites for hydroxylation is 2. The van der Waals surface area contributed by atoms with Crippen molar-refractivity contribution in [3.05, 3.63) is 104 Å². The maximum absolute atomic E-state index is 12.9. The first-order valence-electron chi connectivity index (χ1n) is 9.37. The Labute approximate surface area is 174 Å². The molecule has 3 aromatic rings. The first kappa shape index (κ1) is 19.1. The molecule has 0 atom stereocenters. The highest BCUT2D eigenvalue weighted by molar-refractivity contribution is 7.12. The Balaban J connectivity index is 2.07. The SMILES string of the molecule is C/C(=C1/C(=O)OC(=O)C1=C(c1ccccc1)c1ccccc1)c1cc(C)sc1C. The molecule has 1 aliphatic rings. The number of thiophene rings is 1. The average Bonchev–Trinajstić information content (AvgIpc) is 3.21. The normalized spacial score (nSPS) is 15.5. The molecule has 0 bridgehead atoms. The molecule has 29 heavy (non-hydrogen) atoms. The molecule has 4 heteroatoms. The van der Waals surface area contributed by atoms with Crippen molar-refractivity contribution in [1.29, 1.82) is 0 Å². The third kappa shape index (κ3) is 3.47. The number of esters is 2. The lowest BCUT2D eigenvalue weighted by atomic mass is 9.87. The van der Waals surface area contributed by atoms with Gasteiger partial charge in [-0.3, -0.25) is 0 Å². The summed E-state index contributed by atoms with van der Waals surface area (Å²) in [6, 6.07) is 21.4. The van der Waals surface area contributed by atoms with Gasteiger partial charge in [-0.25, -0.2) is 9.59 Å². The van der Waals surface area contributed by atoms with E-state index in [9.17, 15) is 9.59 Å². The molecule has 2 aromatic carbocycles. The number of cyclic esters (lactones) is 2. The van der Waals surface area contributed by atoms with Crippen molar-refractivity contribution in [2.75, 3.05) is 0 Å². The van der Waals surface area contributed by atoms with E-state index in [1.165, 1.54) is 0 Å². The van der Waals surface area contributed by atoms with Gasteiger partial charge >= 0.3 is 11.9 Å². The molecule has 0 amide bonds. The minimum atomic E-state index is -0.600. The van der Waals surface area contributed by atoms with Gasteiger partial charge in [-0.15, -0.1) is 11.3 Å². The Morgan fingerprint density at radius 1 is 0.793 bits per heavy atom. The van der Waals surface area contributed by atoms with Crippen LogP contribution >= 0.6 is 11.3 Å². The van der Waals surface area contributed by atoms with Crippen molar-refractivity contribution in [2.45, 2.75) is 20.8 Å².